The Bertz CT molecular complexity index is 971. The maximum absolute atomic E-state index is 12.5. The van der Waals surface area contributed by atoms with Crippen molar-refractivity contribution in [1.29, 1.82) is 0 Å². The molecule has 2 amide bonds. The zero-order chi connectivity index (χ0) is 19.2. The lowest BCUT2D eigenvalue weighted by atomic mass is 10.1. The molecule has 0 bridgehead atoms. The normalized spacial score (nSPS) is 10.3. The van der Waals surface area contributed by atoms with Gasteiger partial charge < -0.3 is 10.6 Å². The molecule has 2 N–H and O–H groups in total. The van der Waals surface area contributed by atoms with Crippen LogP contribution in [0.5, 0.6) is 0 Å². The molecule has 0 aliphatic rings. The number of nitrogens with zero attached hydrogens (tertiary/aromatic N) is 2. The molecule has 0 unspecified atom stereocenters. The molecule has 0 fully saturated rings. The Hall–Kier alpha value is -3.54. The van der Waals surface area contributed by atoms with E-state index in [1.165, 1.54) is 12.3 Å². The highest BCUT2D eigenvalue weighted by Crippen LogP contribution is 2.17. The number of hydrogen-bond acceptors (Lipinski definition) is 4. The van der Waals surface area contributed by atoms with Crippen LogP contribution in [0.1, 0.15) is 37.5 Å². The second kappa shape index (κ2) is 8.23. The number of aryl methyl sites for hydroxylation is 2. The predicted octanol–water partition coefficient (Wildman–Crippen LogP) is 3.28. The van der Waals surface area contributed by atoms with Crippen molar-refractivity contribution in [2.75, 3.05) is 5.32 Å². The number of anilines is 1. The summed E-state index contributed by atoms with van der Waals surface area (Å²) in [5.74, 6) is -0.625. The summed E-state index contributed by atoms with van der Waals surface area (Å²) in [7, 11) is 0. The highest BCUT2D eigenvalue weighted by molar-refractivity contribution is 6.05. The van der Waals surface area contributed by atoms with E-state index >= 15 is 0 Å². The summed E-state index contributed by atoms with van der Waals surface area (Å²) in [6.07, 6.45) is 4.80. The van der Waals surface area contributed by atoms with Crippen molar-refractivity contribution in [3.05, 3.63) is 89.0 Å². The van der Waals surface area contributed by atoms with Gasteiger partial charge in [-0.3, -0.25) is 19.6 Å². The van der Waals surface area contributed by atoms with Gasteiger partial charge in [-0.2, -0.15) is 0 Å². The molecule has 136 valence electrons. The molecule has 1 aromatic carbocycles. The Morgan fingerprint density at radius 3 is 2.44 bits per heavy atom. The van der Waals surface area contributed by atoms with E-state index in [9.17, 15) is 9.59 Å². The molecule has 6 nitrogen and oxygen atoms in total. The van der Waals surface area contributed by atoms with Crippen LogP contribution in [0.25, 0.3) is 0 Å². The van der Waals surface area contributed by atoms with E-state index in [0.29, 0.717) is 12.1 Å². The molecule has 0 saturated heterocycles. The second-order valence-electron chi connectivity index (χ2n) is 6.24. The zero-order valence-corrected chi connectivity index (χ0v) is 15.2. The molecule has 0 spiro atoms. The van der Waals surface area contributed by atoms with Crippen LogP contribution < -0.4 is 10.6 Å². The molecule has 27 heavy (non-hydrogen) atoms. The standard InChI is InChI=1S/C21H20N4O2/c1-14-3-4-18(15(2)11-14)25-21(27)19-12-17(7-10-23-19)20(26)24-13-16-5-8-22-9-6-16/h3-12H,13H2,1-2H3,(H,24,26)(H,25,27). The number of benzene rings is 1. The first-order valence-corrected chi connectivity index (χ1v) is 8.54. The SMILES string of the molecule is Cc1ccc(NC(=O)c2cc(C(=O)NCc3ccncc3)ccn2)c(C)c1. The molecule has 3 aromatic rings. The van der Waals surface area contributed by atoms with Gasteiger partial charge in [0.2, 0.25) is 0 Å². The second-order valence-corrected chi connectivity index (χ2v) is 6.24. The fraction of sp³-hybridized carbons (Fsp3) is 0.143. The molecule has 6 heteroatoms. The molecule has 0 saturated carbocycles. The summed E-state index contributed by atoms with van der Waals surface area (Å²) in [5, 5.41) is 5.66. The van der Waals surface area contributed by atoms with Gasteiger partial charge in [-0.25, -0.2) is 0 Å². The van der Waals surface area contributed by atoms with E-state index < -0.39 is 0 Å². The highest BCUT2D eigenvalue weighted by atomic mass is 16.2. The Labute approximate surface area is 157 Å². The van der Waals surface area contributed by atoms with Crippen molar-refractivity contribution in [3.8, 4) is 0 Å². The van der Waals surface area contributed by atoms with Crippen LogP contribution in [0.2, 0.25) is 0 Å². The molecule has 0 radical (unpaired) electrons. The Morgan fingerprint density at radius 1 is 0.926 bits per heavy atom. The van der Waals surface area contributed by atoms with Crippen LogP contribution in [-0.2, 0) is 6.54 Å². The number of hydrogen-bond donors (Lipinski definition) is 2. The number of nitrogens with one attached hydrogen (secondary N) is 2. The Morgan fingerprint density at radius 2 is 1.70 bits per heavy atom. The maximum Gasteiger partial charge on any atom is 0.274 e. The van der Waals surface area contributed by atoms with E-state index in [2.05, 4.69) is 20.6 Å². The van der Waals surface area contributed by atoms with Crippen molar-refractivity contribution in [3.63, 3.8) is 0 Å². The van der Waals surface area contributed by atoms with Crippen LogP contribution in [0, 0.1) is 13.8 Å². The number of amides is 2. The number of pyridine rings is 2. The van der Waals surface area contributed by atoms with Crippen LogP contribution in [0.15, 0.2) is 61.1 Å². The fourth-order valence-corrected chi connectivity index (χ4v) is 2.62. The summed E-state index contributed by atoms with van der Waals surface area (Å²) in [6.45, 7) is 4.31. The van der Waals surface area contributed by atoms with Crippen LogP contribution in [0.4, 0.5) is 5.69 Å². The maximum atomic E-state index is 12.5. The summed E-state index contributed by atoms with van der Waals surface area (Å²) in [6, 6.07) is 12.5. The average molecular weight is 360 g/mol. The monoisotopic (exact) mass is 360 g/mol. The summed E-state index contributed by atoms with van der Waals surface area (Å²) in [5.41, 5.74) is 4.32. The summed E-state index contributed by atoms with van der Waals surface area (Å²) in [4.78, 5) is 32.9. The lowest BCUT2D eigenvalue weighted by molar-refractivity contribution is 0.0950. The summed E-state index contributed by atoms with van der Waals surface area (Å²) < 4.78 is 0. The average Bonchev–Trinajstić information content (AvgIpc) is 2.69. The van der Waals surface area contributed by atoms with Gasteiger partial charge in [-0.1, -0.05) is 17.7 Å². The van der Waals surface area contributed by atoms with Crippen LogP contribution >= 0.6 is 0 Å². The first-order valence-electron chi connectivity index (χ1n) is 8.54. The molecular weight excluding hydrogens is 340 g/mol. The van der Waals surface area contributed by atoms with E-state index in [1.54, 1.807) is 18.5 Å². The number of aromatic nitrogens is 2. The fourth-order valence-electron chi connectivity index (χ4n) is 2.62. The van der Waals surface area contributed by atoms with Crippen molar-refractivity contribution < 1.29 is 9.59 Å². The van der Waals surface area contributed by atoms with E-state index in [4.69, 9.17) is 0 Å². The van der Waals surface area contributed by atoms with Gasteiger partial charge in [-0.15, -0.1) is 0 Å². The number of carbonyl (C=O) groups is 2. The van der Waals surface area contributed by atoms with Gasteiger partial charge in [-0.05, 0) is 55.3 Å². The smallest absolute Gasteiger partial charge is 0.274 e. The Balaban J connectivity index is 1.68. The van der Waals surface area contributed by atoms with Gasteiger partial charge in [0.1, 0.15) is 5.69 Å². The third-order valence-corrected chi connectivity index (χ3v) is 4.09. The summed E-state index contributed by atoms with van der Waals surface area (Å²) >= 11 is 0. The minimum atomic E-state index is -0.356. The van der Waals surface area contributed by atoms with Gasteiger partial charge in [0, 0.05) is 36.4 Å². The topological polar surface area (TPSA) is 84.0 Å². The van der Waals surface area contributed by atoms with Gasteiger partial charge in [0.25, 0.3) is 11.8 Å². The van der Waals surface area contributed by atoms with E-state index in [1.807, 2.05) is 44.2 Å². The number of carbonyl (C=O) groups excluding carboxylic acids is 2. The molecular formula is C21H20N4O2. The van der Waals surface area contributed by atoms with Crippen molar-refractivity contribution >= 4 is 17.5 Å². The lowest BCUT2D eigenvalue weighted by Crippen LogP contribution is -2.23. The quantitative estimate of drug-likeness (QED) is 0.731. The number of rotatable bonds is 5. The van der Waals surface area contributed by atoms with Crippen molar-refractivity contribution in [2.24, 2.45) is 0 Å². The van der Waals surface area contributed by atoms with Crippen molar-refractivity contribution in [2.45, 2.75) is 20.4 Å². The molecule has 2 aromatic heterocycles. The third kappa shape index (κ3) is 4.76. The van der Waals surface area contributed by atoms with Crippen LogP contribution in [0.3, 0.4) is 0 Å². The lowest BCUT2D eigenvalue weighted by Gasteiger charge is -2.10. The van der Waals surface area contributed by atoms with Gasteiger partial charge >= 0.3 is 0 Å². The molecule has 2 heterocycles. The zero-order valence-electron chi connectivity index (χ0n) is 15.2. The molecule has 0 aliphatic heterocycles. The minimum absolute atomic E-state index is 0.187. The Kier molecular flexibility index (Phi) is 5.56. The van der Waals surface area contributed by atoms with Crippen molar-refractivity contribution in [1.82, 2.24) is 15.3 Å². The van der Waals surface area contributed by atoms with Gasteiger partial charge in [0.15, 0.2) is 0 Å². The largest absolute Gasteiger partial charge is 0.348 e. The van der Waals surface area contributed by atoms with Gasteiger partial charge in [0.05, 0.1) is 0 Å². The first kappa shape index (κ1) is 18.3. The first-order chi connectivity index (χ1) is 13.0. The minimum Gasteiger partial charge on any atom is -0.348 e. The van der Waals surface area contributed by atoms with E-state index in [-0.39, 0.29) is 17.5 Å². The molecule has 3 rings (SSSR count). The predicted molar refractivity (Wildman–Crippen MR) is 104 cm³/mol. The van der Waals surface area contributed by atoms with E-state index in [0.717, 1.165) is 22.4 Å². The van der Waals surface area contributed by atoms with Crippen LogP contribution in [-0.4, -0.2) is 21.8 Å². The third-order valence-electron chi connectivity index (χ3n) is 4.09. The highest BCUT2D eigenvalue weighted by Gasteiger charge is 2.13. The molecule has 0 aliphatic carbocycles. The molecule has 0 atom stereocenters.